The summed E-state index contributed by atoms with van der Waals surface area (Å²) in [4.78, 5) is 20.6. The normalized spacial score (nSPS) is 10.7. The molecule has 108 valence electrons. The molecule has 2 aromatic heterocycles. The van der Waals surface area contributed by atoms with Gasteiger partial charge in [0.25, 0.3) is 5.19 Å². The van der Waals surface area contributed by atoms with Gasteiger partial charge in [0.1, 0.15) is 0 Å². The van der Waals surface area contributed by atoms with E-state index < -0.39 is 0 Å². The summed E-state index contributed by atoms with van der Waals surface area (Å²) in [6, 6.07) is 5.55. The smallest absolute Gasteiger partial charge is 0.321 e. The predicted molar refractivity (Wildman–Crippen MR) is 85.1 cm³/mol. The number of fused-ring (bicyclic) bond motifs is 1. The molecule has 0 aliphatic rings. The van der Waals surface area contributed by atoms with Crippen LogP contribution in [0.4, 0.5) is 9.93 Å². The second-order valence-corrected chi connectivity index (χ2v) is 6.23. The van der Waals surface area contributed by atoms with Crippen molar-refractivity contribution in [2.45, 2.75) is 6.92 Å². The molecule has 0 saturated heterocycles. The number of carbonyl (C=O) groups excluding carboxylic acids is 1. The predicted octanol–water partition coefficient (Wildman–Crippen LogP) is 3.27. The summed E-state index contributed by atoms with van der Waals surface area (Å²) >= 11 is 2.63. The van der Waals surface area contributed by atoms with Crippen LogP contribution in [0.1, 0.15) is 6.92 Å². The summed E-state index contributed by atoms with van der Waals surface area (Å²) in [7, 11) is 0. The van der Waals surface area contributed by atoms with Crippen LogP contribution in [0.15, 0.2) is 24.4 Å². The second-order valence-electron chi connectivity index (χ2n) is 4.19. The topological polar surface area (TPSA) is 87.1 Å². The molecule has 0 fully saturated rings. The van der Waals surface area contributed by atoms with E-state index in [1.165, 1.54) is 22.7 Å². The van der Waals surface area contributed by atoms with Gasteiger partial charge in [0.05, 0.1) is 15.1 Å². The highest BCUT2D eigenvalue weighted by Gasteiger charge is 2.09. The minimum atomic E-state index is -0.260. The Kier molecular flexibility index (Phi) is 3.72. The zero-order chi connectivity index (χ0) is 14.8. The number of carbonyl (C=O) groups is 1. The van der Waals surface area contributed by atoms with E-state index in [9.17, 15) is 9.90 Å². The number of hydrogen-bond donors (Lipinski definition) is 3. The Labute approximate surface area is 128 Å². The van der Waals surface area contributed by atoms with Crippen molar-refractivity contribution in [3.63, 3.8) is 0 Å². The van der Waals surface area contributed by atoms with Crippen LogP contribution < -0.4 is 10.6 Å². The quantitative estimate of drug-likeness (QED) is 0.691. The summed E-state index contributed by atoms with van der Waals surface area (Å²) in [5.41, 5.74) is 1.74. The van der Waals surface area contributed by atoms with Crippen molar-refractivity contribution in [2.24, 2.45) is 0 Å². The van der Waals surface area contributed by atoms with Gasteiger partial charge in [-0.1, -0.05) is 28.7 Å². The number of urea groups is 1. The first-order valence-corrected chi connectivity index (χ1v) is 7.89. The lowest BCUT2D eigenvalue weighted by Crippen LogP contribution is -2.28. The van der Waals surface area contributed by atoms with E-state index >= 15 is 0 Å². The van der Waals surface area contributed by atoms with Gasteiger partial charge in [0, 0.05) is 12.7 Å². The number of rotatable bonds is 3. The molecule has 21 heavy (non-hydrogen) atoms. The molecule has 0 spiro atoms. The molecule has 0 unspecified atom stereocenters. The summed E-state index contributed by atoms with van der Waals surface area (Å²) < 4.78 is 0.985. The number of aromatic hydroxyl groups is 1. The van der Waals surface area contributed by atoms with Crippen LogP contribution in [0.3, 0.4) is 0 Å². The van der Waals surface area contributed by atoms with Crippen molar-refractivity contribution in [1.29, 1.82) is 0 Å². The third-order valence-corrected chi connectivity index (χ3v) is 4.52. The fourth-order valence-corrected chi connectivity index (χ4v) is 3.33. The first-order valence-electron chi connectivity index (χ1n) is 6.26. The van der Waals surface area contributed by atoms with Gasteiger partial charge < -0.3 is 10.4 Å². The van der Waals surface area contributed by atoms with Gasteiger partial charge in [-0.15, -0.1) is 0 Å². The van der Waals surface area contributed by atoms with Crippen molar-refractivity contribution < 1.29 is 9.90 Å². The third-order valence-electron chi connectivity index (χ3n) is 2.72. The Hall–Kier alpha value is -2.19. The average molecular weight is 320 g/mol. The molecule has 6 nitrogen and oxygen atoms in total. The Balaban J connectivity index is 1.90. The molecule has 3 N–H and O–H groups in total. The number of amides is 2. The number of benzene rings is 1. The maximum absolute atomic E-state index is 11.5. The molecular formula is C13H12N4O2S2. The fraction of sp³-hybridized carbons (Fsp3) is 0.154. The van der Waals surface area contributed by atoms with E-state index in [0.29, 0.717) is 11.7 Å². The largest absolute Gasteiger partial charge is 0.486 e. The van der Waals surface area contributed by atoms with Crippen LogP contribution in [0.25, 0.3) is 20.7 Å². The standard InChI is InChI=1S/C13H12N4O2S2/c1-2-14-11(18)17-12-16-8-5-7(3-4-9(8)20-12)10-6-15-13(19)21-10/h3-6H,2H2,1H3,(H,15,19)(H2,14,16,17,18). The van der Waals surface area contributed by atoms with Gasteiger partial charge in [-0.05, 0) is 24.6 Å². The Morgan fingerprint density at radius 3 is 2.95 bits per heavy atom. The number of thiazole rings is 2. The average Bonchev–Trinajstić information content (AvgIpc) is 3.03. The molecule has 8 heteroatoms. The van der Waals surface area contributed by atoms with E-state index in [1.54, 1.807) is 6.20 Å². The van der Waals surface area contributed by atoms with Crippen LogP contribution in [0, 0.1) is 0 Å². The Morgan fingerprint density at radius 1 is 1.38 bits per heavy atom. The second kappa shape index (κ2) is 5.66. The van der Waals surface area contributed by atoms with Crippen LogP contribution in [-0.2, 0) is 0 Å². The van der Waals surface area contributed by atoms with Gasteiger partial charge in [-0.25, -0.2) is 14.8 Å². The summed E-state index contributed by atoms with van der Waals surface area (Å²) in [6.45, 7) is 2.42. The van der Waals surface area contributed by atoms with Gasteiger partial charge >= 0.3 is 6.03 Å². The van der Waals surface area contributed by atoms with Gasteiger partial charge in [-0.2, -0.15) is 0 Å². The SMILES string of the molecule is CCNC(=O)Nc1nc2cc(-c3cnc(O)s3)ccc2s1. The molecule has 2 amide bonds. The fourth-order valence-electron chi connectivity index (χ4n) is 1.83. The molecule has 3 rings (SSSR count). The number of hydrogen-bond acceptors (Lipinski definition) is 6. The molecule has 2 heterocycles. The summed E-state index contributed by atoms with van der Waals surface area (Å²) in [5.74, 6) is 0. The summed E-state index contributed by atoms with van der Waals surface area (Å²) in [6.07, 6.45) is 1.63. The van der Waals surface area contributed by atoms with E-state index in [0.717, 1.165) is 20.7 Å². The lowest BCUT2D eigenvalue weighted by Gasteiger charge is -2.00. The van der Waals surface area contributed by atoms with Crippen LogP contribution in [-0.4, -0.2) is 27.7 Å². The molecule has 1 aromatic carbocycles. The Bertz CT molecular complexity index is 796. The number of nitrogens with zero attached hydrogens (tertiary/aromatic N) is 2. The van der Waals surface area contributed by atoms with E-state index in [-0.39, 0.29) is 11.2 Å². The number of aromatic nitrogens is 2. The van der Waals surface area contributed by atoms with Gasteiger partial charge in [0.2, 0.25) is 0 Å². The summed E-state index contributed by atoms with van der Waals surface area (Å²) in [5, 5.41) is 15.3. The van der Waals surface area contributed by atoms with E-state index in [4.69, 9.17) is 0 Å². The zero-order valence-electron chi connectivity index (χ0n) is 11.1. The highest BCUT2D eigenvalue weighted by atomic mass is 32.1. The maximum atomic E-state index is 11.5. The Morgan fingerprint density at radius 2 is 2.24 bits per heavy atom. The molecule has 0 radical (unpaired) electrons. The molecule has 3 aromatic rings. The lowest BCUT2D eigenvalue weighted by molar-refractivity contribution is 0.252. The van der Waals surface area contributed by atoms with Gasteiger partial charge in [0.15, 0.2) is 5.13 Å². The van der Waals surface area contributed by atoms with E-state index in [2.05, 4.69) is 20.6 Å². The first-order chi connectivity index (χ1) is 10.2. The van der Waals surface area contributed by atoms with Crippen LogP contribution in [0.5, 0.6) is 5.19 Å². The maximum Gasteiger partial charge on any atom is 0.321 e. The minimum absolute atomic E-state index is 0.0435. The van der Waals surface area contributed by atoms with Crippen LogP contribution >= 0.6 is 22.7 Å². The molecule has 0 atom stereocenters. The van der Waals surface area contributed by atoms with Crippen molar-refractivity contribution >= 4 is 44.1 Å². The highest BCUT2D eigenvalue weighted by molar-refractivity contribution is 7.22. The zero-order valence-corrected chi connectivity index (χ0v) is 12.7. The highest BCUT2D eigenvalue weighted by Crippen LogP contribution is 2.33. The molecule has 0 aliphatic heterocycles. The van der Waals surface area contributed by atoms with Crippen LogP contribution in [0.2, 0.25) is 0 Å². The third kappa shape index (κ3) is 2.96. The molecular weight excluding hydrogens is 308 g/mol. The van der Waals surface area contributed by atoms with Crippen molar-refractivity contribution in [1.82, 2.24) is 15.3 Å². The lowest BCUT2D eigenvalue weighted by atomic mass is 10.2. The van der Waals surface area contributed by atoms with Crippen molar-refractivity contribution in [3.8, 4) is 15.6 Å². The molecule has 0 bridgehead atoms. The number of nitrogens with one attached hydrogen (secondary N) is 2. The van der Waals surface area contributed by atoms with Crippen molar-refractivity contribution in [3.05, 3.63) is 24.4 Å². The first kappa shape index (κ1) is 13.8. The minimum Gasteiger partial charge on any atom is -0.486 e. The molecule has 0 aliphatic carbocycles. The monoisotopic (exact) mass is 320 g/mol. The number of anilines is 1. The van der Waals surface area contributed by atoms with Crippen molar-refractivity contribution in [2.75, 3.05) is 11.9 Å². The van der Waals surface area contributed by atoms with Gasteiger partial charge in [-0.3, -0.25) is 5.32 Å². The van der Waals surface area contributed by atoms with E-state index in [1.807, 2.05) is 25.1 Å². The molecule has 0 saturated carbocycles.